The van der Waals surface area contributed by atoms with Crippen LogP contribution in [0.15, 0.2) is 12.1 Å². The largest absolute Gasteiger partial charge is 0.504 e. The van der Waals surface area contributed by atoms with E-state index in [1.54, 1.807) is 26.0 Å². The minimum atomic E-state index is -1.02. The molecule has 1 aromatic rings. The number of methoxy groups -OCH3 is 1. The van der Waals surface area contributed by atoms with Crippen LogP contribution in [0.1, 0.15) is 25.0 Å². The van der Waals surface area contributed by atoms with E-state index in [1.807, 2.05) is 6.92 Å². The summed E-state index contributed by atoms with van der Waals surface area (Å²) in [4.78, 5) is 0. The lowest BCUT2D eigenvalue weighted by molar-refractivity contribution is 0.0744. The van der Waals surface area contributed by atoms with Crippen LogP contribution in [0.5, 0.6) is 11.5 Å². The van der Waals surface area contributed by atoms with Crippen LogP contribution in [0.3, 0.4) is 0 Å². The minimum Gasteiger partial charge on any atom is -0.504 e. The molecule has 0 saturated heterocycles. The molecule has 2 N–H and O–H groups in total. The number of rotatable bonds is 2. The van der Waals surface area contributed by atoms with E-state index in [2.05, 4.69) is 0 Å². The van der Waals surface area contributed by atoms with Crippen LogP contribution >= 0.6 is 0 Å². The van der Waals surface area contributed by atoms with Crippen molar-refractivity contribution in [2.45, 2.75) is 26.4 Å². The van der Waals surface area contributed by atoms with Crippen LogP contribution < -0.4 is 4.74 Å². The molecule has 0 unspecified atom stereocenters. The standard InChI is InChI=1S/C11H16O3/c1-7-5-6-8(12)10(14-4)9(7)11(2,3)13/h5-6,12-13H,1-4H3. The van der Waals surface area contributed by atoms with Gasteiger partial charge in [-0.2, -0.15) is 0 Å². The van der Waals surface area contributed by atoms with Crippen LogP contribution in [-0.2, 0) is 5.60 Å². The van der Waals surface area contributed by atoms with Gasteiger partial charge in [0, 0.05) is 5.56 Å². The van der Waals surface area contributed by atoms with E-state index in [1.165, 1.54) is 7.11 Å². The Morgan fingerprint density at radius 1 is 1.29 bits per heavy atom. The number of ether oxygens (including phenoxy) is 1. The fourth-order valence-corrected chi connectivity index (χ4v) is 1.64. The normalized spacial score (nSPS) is 11.5. The van der Waals surface area contributed by atoms with Crippen LogP contribution in [-0.4, -0.2) is 17.3 Å². The van der Waals surface area contributed by atoms with Gasteiger partial charge in [-0.15, -0.1) is 0 Å². The molecule has 0 amide bonds. The predicted molar refractivity (Wildman–Crippen MR) is 54.6 cm³/mol. The third-order valence-corrected chi connectivity index (χ3v) is 2.16. The Bertz CT molecular complexity index is 337. The number of aliphatic hydroxyl groups is 1. The van der Waals surface area contributed by atoms with E-state index in [-0.39, 0.29) is 5.75 Å². The first kappa shape index (κ1) is 10.9. The van der Waals surface area contributed by atoms with Gasteiger partial charge < -0.3 is 14.9 Å². The van der Waals surface area contributed by atoms with Crippen molar-refractivity contribution in [2.24, 2.45) is 0 Å². The summed E-state index contributed by atoms with van der Waals surface area (Å²) in [5.41, 5.74) is 0.501. The average molecular weight is 196 g/mol. The topological polar surface area (TPSA) is 49.7 Å². The molecule has 3 heteroatoms. The Kier molecular flexibility index (Phi) is 2.71. The van der Waals surface area contributed by atoms with Gasteiger partial charge in [-0.1, -0.05) is 6.07 Å². The molecule has 0 radical (unpaired) electrons. The second-order valence-electron chi connectivity index (χ2n) is 3.87. The van der Waals surface area contributed by atoms with Crippen LogP contribution in [0.25, 0.3) is 0 Å². The molecule has 0 aliphatic carbocycles. The summed E-state index contributed by atoms with van der Waals surface area (Å²) in [7, 11) is 1.48. The highest BCUT2D eigenvalue weighted by molar-refractivity contribution is 5.51. The van der Waals surface area contributed by atoms with Gasteiger partial charge in [-0.3, -0.25) is 0 Å². The molecule has 14 heavy (non-hydrogen) atoms. The molecule has 0 heterocycles. The Hall–Kier alpha value is -1.22. The molecule has 0 fully saturated rings. The number of benzene rings is 1. The number of hydrogen-bond donors (Lipinski definition) is 2. The van der Waals surface area contributed by atoms with Crippen molar-refractivity contribution in [3.05, 3.63) is 23.3 Å². The maximum absolute atomic E-state index is 9.92. The maximum atomic E-state index is 9.92. The quantitative estimate of drug-likeness (QED) is 0.760. The molecule has 0 spiro atoms. The molecule has 0 aliphatic rings. The minimum absolute atomic E-state index is 0.0511. The Labute approximate surface area is 84.0 Å². The summed E-state index contributed by atoms with van der Waals surface area (Å²) < 4.78 is 5.07. The van der Waals surface area contributed by atoms with Gasteiger partial charge >= 0.3 is 0 Å². The van der Waals surface area contributed by atoms with E-state index in [9.17, 15) is 10.2 Å². The molecule has 0 bridgehead atoms. The van der Waals surface area contributed by atoms with Crippen molar-refractivity contribution in [1.29, 1.82) is 0 Å². The van der Waals surface area contributed by atoms with Gasteiger partial charge in [0.2, 0.25) is 0 Å². The van der Waals surface area contributed by atoms with Gasteiger partial charge in [-0.25, -0.2) is 0 Å². The molecule has 0 atom stereocenters. The lowest BCUT2D eigenvalue weighted by Gasteiger charge is -2.23. The number of phenolic OH excluding ortho intramolecular Hbond substituents is 1. The highest BCUT2D eigenvalue weighted by atomic mass is 16.5. The molecule has 1 rings (SSSR count). The van der Waals surface area contributed by atoms with E-state index < -0.39 is 5.60 Å². The smallest absolute Gasteiger partial charge is 0.166 e. The summed E-state index contributed by atoms with van der Waals surface area (Å²) in [5.74, 6) is 0.396. The highest BCUT2D eigenvalue weighted by Gasteiger charge is 2.25. The number of aromatic hydroxyl groups is 1. The van der Waals surface area contributed by atoms with Crippen LogP contribution in [0.4, 0.5) is 0 Å². The van der Waals surface area contributed by atoms with Crippen molar-refractivity contribution >= 4 is 0 Å². The van der Waals surface area contributed by atoms with Gasteiger partial charge in [0.05, 0.1) is 12.7 Å². The number of phenols is 1. The molecular weight excluding hydrogens is 180 g/mol. The average Bonchev–Trinajstić information content (AvgIpc) is 2.06. The second-order valence-corrected chi connectivity index (χ2v) is 3.87. The van der Waals surface area contributed by atoms with Crippen molar-refractivity contribution in [3.63, 3.8) is 0 Å². The zero-order valence-corrected chi connectivity index (χ0v) is 8.96. The molecule has 78 valence electrons. The first-order valence-corrected chi connectivity index (χ1v) is 4.47. The SMILES string of the molecule is COc1c(O)ccc(C)c1C(C)(C)O. The van der Waals surface area contributed by atoms with Gasteiger partial charge in [0.1, 0.15) is 0 Å². The third kappa shape index (κ3) is 1.82. The fourth-order valence-electron chi connectivity index (χ4n) is 1.64. The zero-order chi connectivity index (χ0) is 10.9. The van der Waals surface area contributed by atoms with E-state index >= 15 is 0 Å². The molecular formula is C11H16O3. The summed E-state index contributed by atoms with van der Waals surface area (Å²) in [6.07, 6.45) is 0. The zero-order valence-electron chi connectivity index (χ0n) is 8.96. The van der Waals surface area contributed by atoms with Crippen molar-refractivity contribution < 1.29 is 14.9 Å². The molecule has 0 aliphatic heterocycles. The first-order chi connectivity index (χ1) is 6.38. The van der Waals surface area contributed by atoms with Gasteiger partial charge in [-0.05, 0) is 32.4 Å². The molecule has 0 saturated carbocycles. The Morgan fingerprint density at radius 2 is 1.86 bits per heavy atom. The van der Waals surface area contributed by atoms with E-state index in [4.69, 9.17) is 4.74 Å². The summed E-state index contributed by atoms with van der Waals surface area (Å²) in [6, 6.07) is 3.31. The van der Waals surface area contributed by atoms with Crippen molar-refractivity contribution in [1.82, 2.24) is 0 Å². The lowest BCUT2D eigenvalue weighted by Crippen LogP contribution is -2.18. The number of aryl methyl sites for hydroxylation is 1. The Morgan fingerprint density at radius 3 is 2.21 bits per heavy atom. The summed E-state index contributed by atoms with van der Waals surface area (Å²) in [6.45, 7) is 5.20. The van der Waals surface area contributed by atoms with Crippen LogP contribution in [0.2, 0.25) is 0 Å². The summed E-state index contributed by atoms with van der Waals surface area (Å²) in [5, 5.41) is 19.5. The van der Waals surface area contributed by atoms with E-state index in [0.29, 0.717) is 11.3 Å². The van der Waals surface area contributed by atoms with Gasteiger partial charge in [0.15, 0.2) is 11.5 Å². The summed E-state index contributed by atoms with van der Waals surface area (Å²) >= 11 is 0. The van der Waals surface area contributed by atoms with E-state index in [0.717, 1.165) is 5.56 Å². The van der Waals surface area contributed by atoms with Crippen molar-refractivity contribution in [3.8, 4) is 11.5 Å². The highest BCUT2D eigenvalue weighted by Crippen LogP contribution is 2.38. The second kappa shape index (κ2) is 3.50. The first-order valence-electron chi connectivity index (χ1n) is 4.47. The third-order valence-electron chi connectivity index (χ3n) is 2.16. The monoisotopic (exact) mass is 196 g/mol. The number of hydrogen-bond acceptors (Lipinski definition) is 3. The Balaban J connectivity index is 3.46. The van der Waals surface area contributed by atoms with Crippen molar-refractivity contribution in [2.75, 3.05) is 7.11 Å². The lowest BCUT2D eigenvalue weighted by atomic mass is 9.92. The van der Waals surface area contributed by atoms with Crippen LogP contribution in [0, 0.1) is 6.92 Å². The van der Waals surface area contributed by atoms with Gasteiger partial charge in [0.25, 0.3) is 0 Å². The molecule has 1 aromatic carbocycles. The molecule has 3 nitrogen and oxygen atoms in total. The maximum Gasteiger partial charge on any atom is 0.166 e. The fraction of sp³-hybridized carbons (Fsp3) is 0.455. The predicted octanol–water partition coefficient (Wildman–Crippen LogP) is 1.94. The molecule has 0 aromatic heterocycles.